The molecule has 0 saturated heterocycles. The molecule has 0 spiro atoms. The highest BCUT2D eigenvalue weighted by Crippen LogP contribution is 2.31. The van der Waals surface area contributed by atoms with Crippen molar-refractivity contribution < 1.29 is 5.11 Å². The zero-order valence-electron chi connectivity index (χ0n) is 13.8. The molecule has 2 aromatic carbocycles. The molecule has 0 atom stereocenters. The molecule has 0 saturated carbocycles. The van der Waals surface area contributed by atoms with Crippen molar-refractivity contribution in [2.24, 2.45) is 0 Å². The van der Waals surface area contributed by atoms with Crippen molar-refractivity contribution in [1.82, 2.24) is 4.98 Å². The Bertz CT molecular complexity index is 806. The van der Waals surface area contributed by atoms with Crippen LogP contribution in [-0.4, -0.2) is 22.2 Å². The highest BCUT2D eigenvalue weighted by Gasteiger charge is 2.16. The van der Waals surface area contributed by atoms with Crippen LogP contribution < -0.4 is 5.32 Å². The molecular weight excluding hydrogens is 304 g/mol. The second-order valence-corrected chi connectivity index (χ2v) is 7.58. The Hall–Kier alpha value is -1.91. The lowest BCUT2D eigenvalue weighted by Crippen LogP contribution is -2.31. The quantitative estimate of drug-likeness (QED) is 0.705. The summed E-state index contributed by atoms with van der Waals surface area (Å²) in [4.78, 5) is 4.72. The van der Waals surface area contributed by atoms with Crippen molar-refractivity contribution in [3.8, 4) is 10.6 Å². The van der Waals surface area contributed by atoms with Gasteiger partial charge in [-0.05, 0) is 69.2 Å². The molecule has 0 amide bonds. The smallest absolute Gasteiger partial charge is 0.124 e. The third kappa shape index (κ3) is 3.71. The lowest BCUT2D eigenvalue weighted by Gasteiger charge is -2.26. The van der Waals surface area contributed by atoms with Crippen LogP contribution in [0.3, 0.4) is 0 Å². The largest absolute Gasteiger partial charge is 0.396 e. The standard InChI is InChI=1S/C19H22N2OS/c1-13-4-9-16-17(12-13)23-18(20-16)14-5-7-15(8-6-14)21-19(2,3)10-11-22/h4-9,12,21-22H,10-11H2,1-3H3. The van der Waals surface area contributed by atoms with Gasteiger partial charge in [-0.15, -0.1) is 11.3 Å². The Kier molecular flexibility index (Phi) is 4.37. The number of aryl methyl sites for hydroxylation is 1. The first-order valence-corrected chi connectivity index (χ1v) is 8.65. The Labute approximate surface area is 141 Å². The van der Waals surface area contributed by atoms with Gasteiger partial charge in [-0.1, -0.05) is 6.07 Å². The van der Waals surface area contributed by atoms with E-state index in [1.54, 1.807) is 11.3 Å². The summed E-state index contributed by atoms with van der Waals surface area (Å²) in [5, 5.41) is 13.6. The molecule has 0 aliphatic rings. The van der Waals surface area contributed by atoms with Gasteiger partial charge in [-0.25, -0.2) is 4.98 Å². The molecule has 1 aromatic heterocycles. The summed E-state index contributed by atoms with van der Waals surface area (Å²) in [7, 11) is 0. The van der Waals surface area contributed by atoms with Crippen molar-refractivity contribution >= 4 is 27.2 Å². The summed E-state index contributed by atoms with van der Waals surface area (Å²) in [5.74, 6) is 0. The molecule has 3 aromatic rings. The molecule has 2 N–H and O–H groups in total. The second-order valence-electron chi connectivity index (χ2n) is 6.55. The number of aliphatic hydroxyl groups excluding tert-OH is 1. The molecule has 0 unspecified atom stereocenters. The molecule has 1 heterocycles. The normalized spacial score (nSPS) is 11.8. The zero-order chi connectivity index (χ0) is 16.4. The Morgan fingerprint density at radius 2 is 1.87 bits per heavy atom. The first kappa shape index (κ1) is 16.0. The van der Waals surface area contributed by atoms with Gasteiger partial charge in [-0.2, -0.15) is 0 Å². The fraction of sp³-hybridized carbons (Fsp3) is 0.316. The summed E-state index contributed by atoms with van der Waals surface area (Å²) in [6.45, 7) is 6.47. The van der Waals surface area contributed by atoms with E-state index in [1.807, 2.05) is 0 Å². The van der Waals surface area contributed by atoms with Crippen LogP contribution in [0.25, 0.3) is 20.8 Å². The molecule has 3 rings (SSSR count). The summed E-state index contributed by atoms with van der Waals surface area (Å²) < 4.78 is 1.23. The SMILES string of the molecule is Cc1ccc2nc(-c3ccc(NC(C)(C)CCO)cc3)sc2c1. The molecule has 3 nitrogen and oxygen atoms in total. The minimum Gasteiger partial charge on any atom is -0.396 e. The van der Waals surface area contributed by atoms with Gasteiger partial charge in [-0.3, -0.25) is 0 Å². The number of aliphatic hydroxyl groups is 1. The van der Waals surface area contributed by atoms with E-state index in [0.29, 0.717) is 6.42 Å². The molecule has 0 fully saturated rings. The van der Waals surface area contributed by atoms with E-state index in [1.165, 1.54) is 10.3 Å². The van der Waals surface area contributed by atoms with Crippen LogP contribution in [0, 0.1) is 6.92 Å². The Morgan fingerprint density at radius 1 is 1.13 bits per heavy atom. The second kappa shape index (κ2) is 6.30. The van der Waals surface area contributed by atoms with Crippen LogP contribution in [0.5, 0.6) is 0 Å². The molecule has 23 heavy (non-hydrogen) atoms. The lowest BCUT2D eigenvalue weighted by molar-refractivity contribution is 0.261. The van der Waals surface area contributed by atoms with E-state index in [-0.39, 0.29) is 12.1 Å². The highest BCUT2D eigenvalue weighted by atomic mass is 32.1. The Balaban J connectivity index is 1.83. The van der Waals surface area contributed by atoms with Gasteiger partial charge in [0, 0.05) is 23.4 Å². The fourth-order valence-electron chi connectivity index (χ4n) is 2.58. The summed E-state index contributed by atoms with van der Waals surface area (Å²) >= 11 is 1.73. The van der Waals surface area contributed by atoms with E-state index in [4.69, 9.17) is 10.1 Å². The predicted molar refractivity (Wildman–Crippen MR) is 99.2 cm³/mol. The number of fused-ring (bicyclic) bond motifs is 1. The van der Waals surface area contributed by atoms with Gasteiger partial charge < -0.3 is 10.4 Å². The third-order valence-corrected chi connectivity index (χ3v) is 4.96. The number of thiazole rings is 1. The van der Waals surface area contributed by atoms with E-state index >= 15 is 0 Å². The van der Waals surface area contributed by atoms with E-state index in [9.17, 15) is 0 Å². The zero-order valence-corrected chi connectivity index (χ0v) is 14.6. The molecule has 0 aliphatic heterocycles. The molecular formula is C19H22N2OS. The van der Waals surface area contributed by atoms with Crippen molar-refractivity contribution in [1.29, 1.82) is 0 Å². The van der Waals surface area contributed by atoms with Crippen LogP contribution >= 0.6 is 11.3 Å². The number of rotatable bonds is 5. The maximum atomic E-state index is 9.11. The van der Waals surface area contributed by atoms with E-state index in [2.05, 4.69) is 68.6 Å². The molecule has 120 valence electrons. The minimum atomic E-state index is -0.121. The molecule has 0 bridgehead atoms. The van der Waals surface area contributed by atoms with Gasteiger partial charge in [0.2, 0.25) is 0 Å². The predicted octanol–water partition coefficient (Wildman–Crippen LogP) is 4.84. The van der Waals surface area contributed by atoms with Gasteiger partial charge in [0.15, 0.2) is 0 Å². The summed E-state index contributed by atoms with van der Waals surface area (Å²) in [5.41, 5.74) is 4.39. The fourth-order valence-corrected chi connectivity index (χ4v) is 3.65. The van der Waals surface area contributed by atoms with Crippen LogP contribution in [0.2, 0.25) is 0 Å². The Morgan fingerprint density at radius 3 is 2.57 bits per heavy atom. The van der Waals surface area contributed by atoms with Crippen molar-refractivity contribution in [3.63, 3.8) is 0 Å². The van der Waals surface area contributed by atoms with Gasteiger partial charge >= 0.3 is 0 Å². The van der Waals surface area contributed by atoms with Gasteiger partial charge in [0.25, 0.3) is 0 Å². The van der Waals surface area contributed by atoms with Crippen LogP contribution in [0.15, 0.2) is 42.5 Å². The maximum Gasteiger partial charge on any atom is 0.124 e. The van der Waals surface area contributed by atoms with Crippen LogP contribution in [0.4, 0.5) is 5.69 Å². The van der Waals surface area contributed by atoms with Gasteiger partial charge in [0.1, 0.15) is 5.01 Å². The number of nitrogens with one attached hydrogen (secondary N) is 1. The average molecular weight is 326 g/mol. The number of anilines is 1. The average Bonchev–Trinajstić information content (AvgIpc) is 2.90. The number of hydrogen-bond donors (Lipinski definition) is 2. The number of hydrogen-bond acceptors (Lipinski definition) is 4. The monoisotopic (exact) mass is 326 g/mol. The molecule has 0 aliphatic carbocycles. The van der Waals surface area contributed by atoms with E-state index in [0.717, 1.165) is 21.8 Å². The van der Waals surface area contributed by atoms with Crippen LogP contribution in [-0.2, 0) is 0 Å². The minimum absolute atomic E-state index is 0.121. The van der Waals surface area contributed by atoms with Crippen molar-refractivity contribution in [2.45, 2.75) is 32.7 Å². The molecule has 0 radical (unpaired) electrons. The first-order valence-electron chi connectivity index (χ1n) is 7.83. The van der Waals surface area contributed by atoms with Gasteiger partial charge in [0.05, 0.1) is 10.2 Å². The number of nitrogens with zero attached hydrogens (tertiary/aromatic N) is 1. The van der Waals surface area contributed by atoms with Crippen molar-refractivity contribution in [2.75, 3.05) is 11.9 Å². The number of aromatic nitrogens is 1. The first-order chi connectivity index (χ1) is 11.0. The topological polar surface area (TPSA) is 45.2 Å². The third-order valence-electron chi connectivity index (χ3n) is 3.90. The highest BCUT2D eigenvalue weighted by molar-refractivity contribution is 7.21. The van der Waals surface area contributed by atoms with Crippen molar-refractivity contribution in [3.05, 3.63) is 48.0 Å². The number of benzene rings is 2. The lowest BCUT2D eigenvalue weighted by atomic mass is 10.0. The molecule has 4 heteroatoms. The maximum absolute atomic E-state index is 9.11. The van der Waals surface area contributed by atoms with Crippen LogP contribution in [0.1, 0.15) is 25.8 Å². The summed E-state index contributed by atoms with van der Waals surface area (Å²) in [6.07, 6.45) is 0.714. The summed E-state index contributed by atoms with van der Waals surface area (Å²) in [6, 6.07) is 14.7. The van der Waals surface area contributed by atoms with E-state index < -0.39 is 0 Å².